The van der Waals surface area contributed by atoms with E-state index >= 15 is 0 Å². The van der Waals surface area contributed by atoms with Crippen molar-refractivity contribution in [1.82, 2.24) is 14.8 Å². The van der Waals surface area contributed by atoms with Crippen LogP contribution in [0.15, 0.2) is 22.6 Å². The standard InChI is InChI=1S/C16H19N3O4/c1-3-22-16(21)19-8-6-18(7-9-19)15(20)12-4-5-13-14(10-12)23-11(2)17-13/h4-5,10H,3,6-9H2,1-2H3. The predicted octanol–water partition coefficient (Wildman–Crippen LogP) is 2.05. The Balaban J connectivity index is 1.67. The van der Waals surface area contributed by atoms with Crippen LogP contribution in [-0.4, -0.2) is 59.6 Å². The summed E-state index contributed by atoms with van der Waals surface area (Å²) in [5, 5.41) is 0. The van der Waals surface area contributed by atoms with E-state index in [0.29, 0.717) is 49.8 Å². The molecule has 0 spiro atoms. The van der Waals surface area contributed by atoms with E-state index in [-0.39, 0.29) is 12.0 Å². The van der Waals surface area contributed by atoms with Crippen molar-refractivity contribution in [2.24, 2.45) is 0 Å². The van der Waals surface area contributed by atoms with Crippen molar-refractivity contribution in [2.75, 3.05) is 32.8 Å². The second kappa shape index (κ2) is 6.28. The Morgan fingerprint density at radius 3 is 2.61 bits per heavy atom. The van der Waals surface area contributed by atoms with Crippen LogP contribution < -0.4 is 0 Å². The van der Waals surface area contributed by atoms with Gasteiger partial charge in [0.25, 0.3) is 5.91 Å². The van der Waals surface area contributed by atoms with E-state index in [4.69, 9.17) is 9.15 Å². The normalized spacial score (nSPS) is 15.0. The summed E-state index contributed by atoms with van der Waals surface area (Å²) in [7, 11) is 0. The summed E-state index contributed by atoms with van der Waals surface area (Å²) in [6, 6.07) is 5.26. The van der Waals surface area contributed by atoms with Gasteiger partial charge in [-0.25, -0.2) is 9.78 Å². The first-order chi connectivity index (χ1) is 11.1. The molecule has 1 fully saturated rings. The third kappa shape index (κ3) is 3.13. The summed E-state index contributed by atoms with van der Waals surface area (Å²) in [5.74, 6) is 0.511. The zero-order valence-corrected chi connectivity index (χ0v) is 13.2. The van der Waals surface area contributed by atoms with Crippen LogP contribution in [0.3, 0.4) is 0 Å². The van der Waals surface area contributed by atoms with Crippen molar-refractivity contribution in [1.29, 1.82) is 0 Å². The van der Waals surface area contributed by atoms with Crippen LogP contribution in [0.2, 0.25) is 0 Å². The lowest BCUT2D eigenvalue weighted by Crippen LogP contribution is -2.50. The molecule has 122 valence electrons. The summed E-state index contributed by atoms with van der Waals surface area (Å²) in [6.45, 7) is 5.85. The van der Waals surface area contributed by atoms with E-state index in [0.717, 1.165) is 5.52 Å². The summed E-state index contributed by atoms with van der Waals surface area (Å²) >= 11 is 0. The summed E-state index contributed by atoms with van der Waals surface area (Å²) in [4.78, 5) is 31.8. The van der Waals surface area contributed by atoms with Crippen molar-refractivity contribution in [3.05, 3.63) is 29.7 Å². The van der Waals surface area contributed by atoms with Gasteiger partial charge in [0.1, 0.15) is 5.52 Å². The summed E-state index contributed by atoms with van der Waals surface area (Å²) < 4.78 is 10.4. The third-order valence-corrected chi connectivity index (χ3v) is 3.84. The highest BCUT2D eigenvalue weighted by Gasteiger charge is 2.25. The van der Waals surface area contributed by atoms with Gasteiger partial charge in [0.2, 0.25) is 0 Å². The Hall–Kier alpha value is -2.57. The number of carbonyl (C=O) groups excluding carboxylic acids is 2. The second-order valence-electron chi connectivity index (χ2n) is 5.39. The van der Waals surface area contributed by atoms with Crippen molar-refractivity contribution < 1.29 is 18.7 Å². The molecule has 2 aromatic rings. The highest BCUT2D eigenvalue weighted by molar-refractivity contribution is 5.97. The molecule has 23 heavy (non-hydrogen) atoms. The number of aromatic nitrogens is 1. The van der Waals surface area contributed by atoms with E-state index in [9.17, 15) is 9.59 Å². The number of fused-ring (bicyclic) bond motifs is 1. The number of oxazole rings is 1. The third-order valence-electron chi connectivity index (χ3n) is 3.84. The zero-order chi connectivity index (χ0) is 16.4. The molecule has 0 atom stereocenters. The predicted molar refractivity (Wildman–Crippen MR) is 83.2 cm³/mol. The van der Waals surface area contributed by atoms with Gasteiger partial charge >= 0.3 is 6.09 Å². The first-order valence-electron chi connectivity index (χ1n) is 7.66. The van der Waals surface area contributed by atoms with Gasteiger partial charge in [0, 0.05) is 38.7 Å². The van der Waals surface area contributed by atoms with Crippen LogP contribution in [0.5, 0.6) is 0 Å². The molecule has 1 aromatic heterocycles. The zero-order valence-electron chi connectivity index (χ0n) is 13.2. The van der Waals surface area contributed by atoms with Gasteiger partial charge in [-0.2, -0.15) is 0 Å². The minimum Gasteiger partial charge on any atom is -0.450 e. The molecule has 1 aliphatic rings. The lowest BCUT2D eigenvalue weighted by atomic mass is 10.1. The fourth-order valence-corrected chi connectivity index (χ4v) is 2.66. The van der Waals surface area contributed by atoms with Crippen LogP contribution in [0.4, 0.5) is 4.79 Å². The number of aryl methyl sites for hydroxylation is 1. The van der Waals surface area contributed by atoms with Crippen molar-refractivity contribution >= 4 is 23.1 Å². The highest BCUT2D eigenvalue weighted by atomic mass is 16.6. The number of ether oxygens (including phenoxy) is 1. The smallest absolute Gasteiger partial charge is 0.409 e. The maximum absolute atomic E-state index is 12.6. The molecular weight excluding hydrogens is 298 g/mol. The number of benzene rings is 1. The quantitative estimate of drug-likeness (QED) is 0.847. The van der Waals surface area contributed by atoms with E-state index in [1.54, 1.807) is 41.8 Å². The largest absolute Gasteiger partial charge is 0.450 e. The first-order valence-corrected chi connectivity index (χ1v) is 7.66. The van der Waals surface area contributed by atoms with E-state index in [1.165, 1.54) is 0 Å². The molecule has 2 amide bonds. The molecule has 1 saturated heterocycles. The molecular formula is C16H19N3O4. The molecule has 7 nitrogen and oxygen atoms in total. The maximum atomic E-state index is 12.6. The number of nitrogens with zero attached hydrogens (tertiary/aromatic N) is 3. The van der Waals surface area contributed by atoms with E-state index < -0.39 is 0 Å². The Morgan fingerprint density at radius 2 is 1.91 bits per heavy atom. The Morgan fingerprint density at radius 1 is 1.22 bits per heavy atom. The van der Waals surface area contributed by atoms with E-state index in [1.807, 2.05) is 0 Å². The topological polar surface area (TPSA) is 75.9 Å². The summed E-state index contributed by atoms with van der Waals surface area (Å²) in [6.07, 6.45) is -0.321. The molecule has 0 saturated carbocycles. The monoisotopic (exact) mass is 317 g/mol. The molecule has 0 unspecified atom stereocenters. The van der Waals surface area contributed by atoms with Gasteiger partial charge in [0.15, 0.2) is 11.5 Å². The molecule has 0 N–H and O–H groups in total. The minimum absolute atomic E-state index is 0.0653. The first kappa shape index (κ1) is 15.3. The Kier molecular flexibility index (Phi) is 4.18. The Labute approximate surface area is 133 Å². The molecule has 2 heterocycles. The van der Waals surface area contributed by atoms with E-state index in [2.05, 4.69) is 4.98 Å². The fourth-order valence-electron chi connectivity index (χ4n) is 2.66. The molecule has 3 rings (SSSR count). The highest BCUT2D eigenvalue weighted by Crippen LogP contribution is 2.18. The number of hydrogen-bond acceptors (Lipinski definition) is 5. The fraction of sp³-hybridized carbons (Fsp3) is 0.438. The average Bonchev–Trinajstić information content (AvgIpc) is 2.93. The van der Waals surface area contributed by atoms with Gasteiger partial charge in [0.05, 0.1) is 6.61 Å². The van der Waals surface area contributed by atoms with Crippen molar-refractivity contribution in [3.63, 3.8) is 0 Å². The molecule has 1 aromatic carbocycles. The number of rotatable bonds is 2. The van der Waals surface area contributed by atoms with Crippen LogP contribution >= 0.6 is 0 Å². The molecule has 1 aliphatic heterocycles. The Bertz CT molecular complexity index is 732. The van der Waals surface area contributed by atoms with Gasteiger partial charge < -0.3 is 19.0 Å². The van der Waals surface area contributed by atoms with Gasteiger partial charge in [-0.1, -0.05) is 0 Å². The van der Waals surface area contributed by atoms with Crippen LogP contribution in [0, 0.1) is 6.92 Å². The lowest BCUT2D eigenvalue weighted by Gasteiger charge is -2.34. The molecule has 7 heteroatoms. The maximum Gasteiger partial charge on any atom is 0.409 e. The minimum atomic E-state index is -0.321. The molecule has 0 aliphatic carbocycles. The van der Waals surface area contributed by atoms with Crippen LogP contribution in [-0.2, 0) is 4.74 Å². The number of hydrogen-bond donors (Lipinski definition) is 0. The number of carbonyl (C=O) groups is 2. The van der Waals surface area contributed by atoms with Crippen molar-refractivity contribution in [2.45, 2.75) is 13.8 Å². The van der Waals surface area contributed by atoms with Gasteiger partial charge in [-0.05, 0) is 25.1 Å². The van der Waals surface area contributed by atoms with Gasteiger partial charge in [-0.3, -0.25) is 4.79 Å². The van der Waals surface area contributed by atoms with Crippen molar-refractivity contribution in [3.8, 4) is 0 Å². The van der Waals surface area contributed by atoms with Gasteiger partial charge in [-0.15, -0.1) is 0 Å². The average molecular weight is 317 g/mol. The molecule has 0 bridgehead atoms. The van der Waals surface area contributed by atoms with Crippen LogP contribution in [0.25, 0.3) is 11.1 Å². The second-order valence-corrected chi connectivity index (χ2v) is 5.39. The van der Waals surface area contributed by atoms with Crippen LogP contribution in [0.1, 0.15) is 23.2 Å². The SMILES string of the molecule is CCOC(=O)N1CCN(C(=O)c2ccc3nc(C)oc3c2)CC1. The molecule has 0 radical (unpaired) electrons. The number of amides is 2. The summed E-state index contributed by atoms with van der Waals surface area (Å²) in [5.41, 5.74) is 1.92. The lowest BCUT2D eigenvalue weighted by molar-refractivity contribution is 0.0570. The number of piperazine rings is 1.